The van der Waals surface area contributed by atoms with Gasteiger partial charge in [-0.25, -0.2) is 0 Å². The van der Waals surface area contributed by atoms with Crippen LogP contribution in [-0.2, 0) is 22.5 Å². The quantitative estimate of drug-likeness (QED) is 0.338. The molecule has 3 N–H and O–H groups in total. The SMILES string of the molecule is CC(=O)OCCc1sc[n+](CC(N)O)c1C.[Br-]. The van der Waals surface area contributed by atoms with Gasteiger partial charge in [0.15, 0.2) is 18.5 Å². The van der Waals surface area contributed by atoms with Gasteiger partial charge in [0.1, 0.15) is 0 Å². The number of halogens is 1. The van der Waals surface area contributed by atoms with Crippen LogP contribution in [0.1, 0.15) is 17.5 Å². The zero-order valence-corrected chi connectivity index (χ0v) is 12.3. The number of hydrogen-bond acceptors (Lipinski definition) is 5. The molecule has 1 aromatic heterocycles. The van der Waals surface area contributed by atoms with Gasteiger partial charge in [0, 0.05) is 20.3 Å². The summed E-state index contributed by atoms with van der Waals surface area (Å²) in [4.78, 5) is 11.7. The van der Waals surface area contributed by atoms with Crippen LogP contribution >= 0.6 is 11.3 Å². The summed E-state index contributed by atoms with van der Waals surface area (Å²) in [6.45, 7) is 4.13. The molecule has 1 unspecified atom stereocenters. The number of aromatic nitrogens is 1. The van der Waals surface area contributed by atoms with Gasteiger partial charge in [-0.1, -0.05) is 11.3 Å². The smallest absolute Gasteiger partial charge is 0.302 e. The molecule has 0 aliphatic heterocycles. The van der Waals surface area contributed by atoms with Crippen LogP contribution in [0.3, 0.4) is 0 Å². The highest BCUT2D eigenvalue weighted by Crippen LogP contribution is 2.11. The summed E-state index contributed by atoms with van der Waals surface area (Å²) >= 11 is 1.57. The van der Waals surface area contributed by atoms with Crippen molar-refractivity contribution in [2.75, 3.05) is 6.61 Å². The van der Waals surface area contributed by atoms with Crippen LogP contribution in [0.2, 0.25) is 0 Å². The Morgan fingerprint density at radius 3 is 2.88 bits per heavy atom. The van der Waals surface area contributed by atoms with Gasteiger partial charge in [0.25, 0.3) is 0 Å². The van der Waals surface area contributed by atoms with E-state index in [1.165, 1.54) is 6.92 Å². The van der Waals surface area contributed by atoms with E-state index in [9.17, 15) is 4.79 Å². The summed E-state index contributed by atoms with van der Waals surface area (Å²) in [7, 11) is 0. The average Bonchev–Trinajstić information content (AvgIpc) is 2.48. The number of ether oxygens (including phenoxy) is 1. The van der Waals surface area contributed by atoms with Crippen molar-refractivity contribution in [3.63, 3.8) is 0 Å². The predicted molar refractivity (Wildman–Crippen MR) is 59.8 cm³/mol. The van der Waals surface area contributed by atoms with Crippen LogP contribution in [0.15, 0.2) is 5.51 Å². The first-order valence-electron chi connectivity index (χ1n) is 5.04. The van der Waals surface area contributed by atoms with Crippen LogP contribution in [0.5, 0.6) is 0 Å². The van der Waals surface area contributed by atoms with Gasteiger partial charge in [0.05, 0.1) is 11.5 Å². The highest BCUT2D eigenvalue weighted by Gasteiger charge is 2.16. The topological polar surface area (TPSA) is 76.4 Å². The molecule has 0 fully saturated rings. The lowest BCUT2D eigenvalue weighted by Gasteiger charge is -2.00. The molecule has 17 heavy (non-hydrogen) atoms. The Hall–Kier alpha value is -0.500. The number of carbonyl (C=O) groups excluding carboxylic acids is 1. The maximum Gasteiger partial charge on any atom is 0.302 e. The van der Waals surface area contributed by atoms with Crippen molar-refractivity contribution in [3.05, 3.63) is 16.1 Å². The van der Waals surface area contributed by atoms with Crippen molar-refractivity contribution in [3.8, 4) is 0 Å². The van der Waals surface area contributed by atoms with Gasteiger partial charge in [-0.3, -0.25) is 4.79 Å². The maximum absolute atomic E-state index is 10.6. The second kappa shape index (κ2) is 7.75. The molecule has 1 rings (SSSR count). The Balaban J connectivity index is 0.00000256. The molecule has 0 aliphatic rings. The van der Waals surface area contributed by atoms with E-state index < -0.39 is 6.23 Å². The number of thiazole rings is 1. The van der Waals surface area contributed by atoms with Crippen LogP contribution in [0.4, 0.5) is 0 Å². The summed E-state index contributed by atoms with van der Waals surface area (Å²) in [5.74, 6) is -0.264. The molecular formula is C10H17BrN2O3S. The third kappa shape index (κ3) is 5.58. The van der Waals surface area contributed by atoms with Crippen molar-refractivity contribution >= 4 is 17.3 Å². The Kier molecular flexibility index (Phi) is 7.53. The van der Waals surface area contributed by atoms with E-state index in [4.69, 9.17) is 15.6 Å². The second-order valence-electron chi connectivity index (χ2n) is 3.54. The third-order valence-electron chi connectivity index (χ3n) is 2.17. The number of rotatable bonds is 5. The van der Waals surface area contributed by atoms with Gasteiger partial charge >= 0.3 is 5.97 Å². The lowest BCUT2D eigenvalue weighted by atomic mass is 10.3. The van der Waals surface area contributed by atoms with Crippen LogP contribution in [-0.4, -0.2) is 23.9 Å². The molecule has 0 saturated carbocycles. The van der Waals surface area contributed by atoms with E-state index in [1.807, 2.05) is 17.0 Å². The molecule has 5 nitrogen and oxygen atoms in total. The Morgan fingerprint density at radius 1 is 1.71 bits per heavy atom. The van der Waals surface area contributed by atoms with E-state index in [1.54, 1.807) is 11.3 Å². The van der Waals surface area contributed by atoms with Crippen LogP contribution in [0, 0.1) is 6.92 Å². The number of aliphatic hydroxyl groups is 1. The molecule has 1 heterocycles. The van der Waals surface area contributed by atoms with Crippen molar-refractivity contribution < 1.29 is 36.2 Å². The summed E-state index contributed by atoms with van der Waals surface area (Å²) in [5, 5.41) is 9.08. The van der Waals surface area contributed by atoms with Crippen molar-refractivity contribution in [1.82, 2.24) is 0 Å². The van der Waals surface area contributed by atoms with Crippen molar-refractivity contribution in [2.24, 2.45) is 5.73 Å². The molecule has 0 radical (unpaired) electrons. The largest absolute Gasteiger partial charge is 1.00 e. The number of hydrogen-bond donors (Lipinski definition) is 2. The van der Waals surface area contributed by atoms with Gasteiger partial charge in [-0.2, -0.15) is 4.57 Å². The molecule has 0 aliphatic carbocycles. The number of nitrogens with two attached hydrogens (primary N) is 1. The van der Waals surface area contributed by atoms with Crippen molar-refractivity contribution in [2.45, 2.75) is 33.0 Å². The number of aliphatic hydroxyl groups excluding tert-OH is 1. The Labute approximate surface area is 115 Å². The van der Waals surface area contributed by atoms with Crippen LogP contribution < -0.4 is 27.3 Å². The Morgan fingerprint density at radius 2 is 2.35 bits per heavy atom. The first-order valence-corrected chi connectivity index (χ1v) is 5.92. The first-order chi connectivity index (χ1) is 7.50. The second-order valence-corrected chi connectivity index (χ2v) is 4.48. The lowest BCUT2D eigenvalue weighted by molar-refractivity contribution is -0.704. The van der Waals surface area contributed by atoms with E-state index in [0.717, 1.165) is 10.6 Å². The minimum atomic E-state index is -0.848. The minimum absolute atomic E-state index is 0. The number of nitrogens with zero attached hydrogens (tertiary/aromatic N) is 1. The van der Waals surface area contributed by atoms with E-state index in [2.05, 4.69) is 0 Å². The van der Waals surface area contributed by atoms with Gasteiger partial charge in [-0.05, 0) is 0 Å². The standard InChI is InChI=1S/C10H17N2O3S.BrH/c1-7-9(3-4-15-8(2)13)16-6-12(7)5-10(11)14;/h6,10,14H,3-5,11H2,1-2H3;1H/q+1;/p-1. The summed E-state index contributed by atoms with van der Waals surface area (Å²) in [6.07, 6.45) is -0.149. The minimum Gasteiger partial charge on any atom is -1.00 e. The van der Waals surface area contributed by atoms with Crippen molar-refractivity contribution in [1.29, 1.82) is 0 Å². The van der Waals surface area contributed by atoms with Crippen LogP contribution in [0.25, 0.3) is 0 Å². The van der Waals surface area contributed by atoms with Gasteiger partial charge in [-0.15, -0.1) is 0 Å². The molecule has 0 aromatic carbocycles. The van der Waals surface area contributed by atoms with Gasteiger partial charge < -0.3 is 32.6 Å². The zero-order valence-electron chi connectivity index (χ0n) is 9.85. The average molecular weight is 325 g/mol. The van der Waals surface area contributed by atoms with Gasteiger partial charge in [0.2, 0.25) is 5.51 Å². The zero-order chi connectivity index (χ0) is 12.1. The normalized spacial score (nSPS) is 11.8. The number of carbonyl (C=O) groups is 1. The monoisotopic (exact) mass is 324 g/mol. The fourth-order valence-corrected chi connectivity index (χ4v) is 2.35. The molecular weight excluding hydrogens is 308 g/mol. The molecule has 0 saturated heterocycles. The number of esters is 1. The first kappa shape index (κ1) is 16.5. The summed E-state index contributed by atoms with van der Waals surface area (Å²) < 4.78 is 6.78. The highest BCUT2D eigenvalue weighted by atomic mass is 79.9. The third-order valence-corrected chi connectivity index (χ3v) is 3.32. The van der Waals surface area contributed by atoms with E-state index in [0.29, 0.717) is 19.6 Å². The fraction of sp³-hybridized carbons (Fsp3) is 0.600. The van der Waals surface area contributed by atoms with E-state index in [-0.39, 0.29) is 23.0 Å². The molecule has 1 atom stereocenters. The Bertz CT molecular complexity index is 368. The lowest BCUT2D eigenvalue weighted by Crippen LogP contribution is -3.00. The summed E-state index contributed by atoms with van der Waals surface area (Å²) in [6, 6.07) is 0. The van der Waals surface area contributed by atoms with E-state index >= 15 is 0 Å². The molecule has 0 amide bonds. The predicted octanol–water partition coefficient (Wildman–Crippen LogP) is -3.27. The molecule has 7 heteroatoms. The molecule has 98 valence electrons. The highest BCUT2D eigenvalue weighted by molar-refractivity contribution is 7.09. The molecule has 0 bridgehead atoms. The fourth-order valence-electron chi connectivity index (χ4n) is 1.36. The molecule has 1 aromatic rings. The maximum atomic E-state index is 10.6. The summed E-state index contributed by atoms with van der Waals surface area (Å²) in [5.41, 5.74) is 8.28. The molecule has 0 spiro atoms.